The number of anilines is 2. The Morgan fingerprint density at radius 1 is 1.29 bits per heavy atom. The number of hydrogen-bond donors (Lipinski definition) is 3. The van der Waals surface area contributed by atoms with Gasteiger partial charge >= 0.3 is 0 Å². The molecule has 1 aliphatic rings. The molecule has 0 radical (unpaired) electrons. The minimum Gasteiger partial charge on any atom is -0.483 e. The normalized spacial score (nSPS) is 13.1. The molecule has 0 aliphatic heterocycles. The molecule has 2 heterocycles. The fraction of sp³-hybridized carbons (Fsp3) is 0.348. The maximum Gasteiger partial charge on any atom is 0.290 e. The van der Waals surface area contributed by atoms with Crippen LogP contribution in [0, 0.1) is 18.7 Å². The number of rotatable bonds is 10. The molecule has 0 atom stereocenters. The molecule has 1 fully saturated rings. The van der Waals surface area contributed by atoms with Gasteiger partial charge < -0.3 is 15.3 Å². The lowest BCUT2D eigenvalue weighted by molar-refractivity contribution is -0.122. The van der Waals surface area contributed by atoms with Crippen molar-refractivity contribution in [1.29, 1.82) is 0 Å². The van der Waals surface area contributed by atoms with Crippen molar-refractivity contribution in [2.75, 3.05) is 23.6 Å². The van der Waals surface area contributed by atoms with E-state index in [0.717, 1.165) is 18.0 Å². The molecule has 3 N–H and O–H groups in total. The molecule has 0 saturated heterocycles. The second-order valence-corrected chi connectivity index (χ2v) is 10.6. The van der Waals surface area contributed by atoms with Crippen LogP contribution in [0.3, 0.4) is 0 Å². The Balaban J connectivity index is 0.00000108. The van der Waals surface area contributed by atoms with Crippen LogP contribution in [0.25, 0.3) is 0 Å². The quantitative estimate of drug-likeness (QED) is 0.343. The van der Waals surface area contributed by atoms with Gasteiger partial charge in [0.15, 0.2) is 10.8 Å². The molecule has 1 saturated carbocycles. The van der Waals surface area contributed by atoms with Crippen molar-refractivity contribution >= 4 is 39.3 Å². The first-order valence-corrected chi connectivity index (χ1v) is 13.3. The summed E-state index contributed by atoms with van der Waals surface area (Å²) in [6.45, 7) is 3.46. The average Bonchev–Trinajstić information content (AvgIpc) is 3.46. The molecule has 9 nitrogen and oxygen atoms in total. The van der Waals surface area contributed by atoms with Crippen LogP contribution in [0.1, 0.15) is 29.7 Å². The van der Waals surface area contributed by atoms with Crippen molar-refractivity contribution in [2.45, 2.75) is 37.9 Å². The van der Waals surface area contributed by atoms with Gasteiger partial charge in [0.25, 0.3) is 16.5 Å². The highest BCUT2D eigenvalue weighted by Crippen LogP contribution is 2.30. The number of nitrogens with zero attached hydrogens (tertiary/aromatic N) is 3. The number of hydrogen-bond acceptors (Lipinski definition) is 8. The van der Waals surface area contributed by atoms with E-state index in [1.165, 1.54) is 36.3 Å². The van der Waals surface area contributed by atoms with Gasteiger partial charge in [-0.05, 0) is 56.5 Å². The van der Waals surface area contributed by atoms with Crippen molar-refractivity contribution in [3.63, 3.8) is 0 Å². The topological polar surface area (TPSA) is 125 Å². The van der Waals surface area contributed by atoms with E-state index in [2.05, 4.69) is 32.0 Å². The first-order chi connectivity index (χ1) is 16.7. The Labute approximate surface area is 208 Å². The fourth-order valence-electron chi connectivity index (χ4n) is 3.56. The van der Waals surface area contributed by atoms with Crippen molar-refractivity contribution in [2.24, 2.45) is 5.92 Å². The van der Waals surface area contributed by atoms with E-state index >= 15 is 0 Å². The number of nitrogens with one attached hydrogen (secondary N) is 2. The summed E-state index contributed by atoms with van der Waals surface area (Å²) in [5.41, 5.74) is 4.26. The van der Waals surface area contributed by atoms with Gasteiger partial charge in [0.2, 0.25) is 0 Å². The zero-order valence-electron chi connectivity index (χ0n) is 19.4. The average molecular weight is 522 g/mol. The van der Waals surface area contributed by atoms with Gasteiger partial charge in [-0.1, -0.05) is 12.1 Å². The fourth-order valence-corrected chi connectivity index (χ4v) is 5.11. The van der Waals surface area contributed by atoms with Gasteiger partial charge in [-0.2, -0.15) is 8.42 Å². The first kappa shape index (κ1) is 26.5. The predicted molar refractivity (Wildman–Crippen MR) is 133 cm³/mol. The van der Waals surface area contributed by atoms with Crippen LogP contribution in [0.15, 0.2) is 46.2 Å². The summed E-state index contributed by atoms with van der Waals surface area (Å²) in [6, 6.07) is 8.23. The summed E-state index contributed by atoms with van der Waals surface area (Å²) in [4.78, 5) is 18.8. The third kappa shape index (κ3) is 7.70. The number of pyridine rings is 1. The van der Waals surface area contributed by atoms with Crippen LogP contribution >= 0.6 is 11.3 Å². The molecule has 2 aromatic heterocycles. The number of carboxylic acid groups (broad SMARTS) is 1. The number of carbonyl (C=O) groups is 1. The number of sulfonamides is 1. The van der Waals surface area contributed by atoms with Crippen LogP contribution in [0.2, 0.25) is 0 Å². The zero-order valence-corrected chi connectivity index (χ0v) is 21.1. The monoisotopic (exact) mass is 521 g/mol. The molecule has 1 aromatic carbocycles. The largest absolute Gasteiger partial charge is 0.483 e. The van der Waals surface area contributed by atoms with Crippen LogP contribution in [0.4, 0.5) is 15.9 Å². The third-order valence-corrected chi connectivity index (χ3v) is 7.23. The lowest BCUT2D eigenvalue weighted by atomic mass is 10.1. The Morgan fingerprint density at radius 3 is 2.66 bits per heavy atom. The highest BCUT2D eigenvalue weighted by Gasteiger charge is 2.23. The standard InChI is InChI=1S/C22H26FN5O2S2.CH2O2/c1-15-20(8-9-22(26-15)32(29,30)27-21-13-31-14-25-21)24-10-18-17(4-3-5-19(18)23)12-28(2)11-16-6-7-16;2-1-3/h3-5,8-9,13-14,16,24,27H,6-7,10-12H2,1-2H3;1H,(H,2,3). The lowest BCUT2D eigenvalue weighted by Crippen LogP contribution is -2.22. The molecule has 0 bridgehead atoms. The maximum absolute atomic E-state index is 14.6. The molecule has 1 aliphatic carbocycles. The van der Waals surface area contributed by atoms with E-state index < -0.39 is 10.0 Å². The minimum atomic E-state index is -3.83. The highest BCUT2D eigenvalue weighted by atomic mass is 32.2. The molecule has 35 heavy (non-hydrogen) atoms. The molecular formula is C23H28FN5O4S2. The third-order valence-electron chi connectivity index (χ3n) is 5.39. The maximum atomic E-state index is 14.6. The van der Waals surface area contributed by atoms with Gasteiger partial charge in [-0.15, -0.1) is 11.3 Å². The minimum absolute atomic E-state index is 0.0955. The van der Waals surface area contributed by atoms with Crippen LogP contribution in [0.5, 0.6) is 0 Å². The molecular weight excluding hydrogens is 493 g/mol. The van der Waals surface area contributed by atoms with Crippen molar-refractivity contribution in [3.8, 4) is 0 Å². The van der Waals surface area contributed by atoms with E-state index in [1.54, 1.807) is 29.9 Å². The van der Waals surface area contributed by atoms with Gasteiger partial charge in [0, 0.05) is 30.6 Å². The summed E-state index contributed by atoms with van der Waals surface area (Å²) in [6.07, 6.45) is 2.55. The summed E-state index contributed by atoms with van der Waals surface area (Å²) in [5.74, 6) is 0.770. The molecule has 0 unspecified atom stereocenters. The lowest BCUT2D eigenvalue weighted by Gasteiger charge is -2.20. The molecule has 12 heteroatoms. The number of benzene rings is 1. The summed E-state index contributed by atoms with van der Waals surface area (Å²) >= 11 is 1.29. The van der Waals surface area contributed by atoms with Gasteiger partial charge in [0.05, 0.1) is 16.9 Å². The van der Waals surface area contributed by atoms with Gasteiger partial charge in [0.1, 0.15) is 5.82 Å². The Hall–Kier alpha value is -3.09. The molecule has 188 valence electrons. The van der Waals surface area contributed by atoms with E-state index in [-0.39, 0.29) is 29.7 Å². The van der Waals surface area contributed by atoms with Crippen LogP contribution in [-0.4, -0.2) is 48.5 Å². The molecule has 0 amide bonds. The number of halogens is 1. The van der Waals surface area contributed by atoms with Gasteiger partial charge in [-0.25, -0.2) is 14.4 Å². The van der Waals surface area contributed by atoms with Crippen molar-refractivity contribution in [3.05, 3.63) is 63.9 Å². The first-order valence-electron chi connectivity index (χ1n) is 10.9. The molecule has 4 rings (SSSR count). The number of thiazole rings is 1. The second-order valence-electron chi connectivity index (χ2n) is 8.24. The summed E-state index contributed by atoms with van der Waals surface area (Å²) in [5, 5.41) is 11.6. The molecule has 3 aromatic rings. The predicted octanol–water partition coefficient (Wildman–Crippen LogP) is 3.94. The van der Waals surface area contributed by atoms with Gasteiger partial charge in [-0.3, -0.25) is 9.52 Å². The zero-order chi connectivity index (χ0) is 25.4. The van der Waals surface area contributed by atoms with Crippen LogP contribution < -0.4 is 10.0 Å². The Morgan fingerprint density at radius 2 is 2.03 bits per heavy atom. The highest BCUT2D eigenvalue weighted by molar-refractivity contribution is 7.92. The van der Waals surface area contributed by atoms with Crippen molar-refractivity contribution in [1.82, 2.24) is 14.9 Å². The SMILES string of the molecule is Cc1nc(S(=O)(=O)Nc2cscn2)ccc1NCc1c(F)cccc1CN(C)CC1CC1.O=CO. The van der Waals surface area contributed by atoms with Crippen molar-refractivity contribution < 1.29 is 22.7 Å². The van der Waals surface area contributed by atoms with Crippen LogP contribution in [-0.2, 0) is 27.9 Å². The smallest absolute Gasteiger partial charge is 0.290 e. The van der Waals surface area contributed by atoms with E-state index in [9.17, 15) is 12.8 Å². The Kier molecular flexibility index (Phi) is 9.13. The van der Waals surface area contributed by atoms with E-state index in [1.807, 2.05) is 6.07 Å². The Bertz CT molecular complexity index is 1230. The van der Waals surface area contributed by atoms with E-state index in [0.29, 0.717) is 23.5 Å². The summed E-state index contributed by atoms with van der Waals surface area (Å²) in [7, 11) is -1.77. The number of aromatic nitrogens is 2. The van der Waals surface area contributed by atoms with E-state index in [4.69, 9.17) is 9.90 Å². The second kappa shape index (κ2) is 12.0. The number of aryl methyl sites for hydroxylation is 1. The molecule has 0 spiro atoms. The summed E-state index contributed by atoms with van der Waals surface area (Å²) < 4.78 is 42.1.